The lowest BCUT2D eigenvalue weighted by Crippen LogP contribution is -2.29. The predicted molar refractivity (Wildman–Crippen MR) is 80.0 cm³/mol. The molecule has 0 aliphatic carbocycles. The summed E-state index contributed by atoms with van der Waals surface area (Å²) in [6.45, 7) is 11.7. The molecule has 0 amide bonds. The molecule has 1 rings (SSSR count). The summed E-state index contributed by atoms with van der Waals surface area (Å²) < 4.78 is 5.44. The second kappa shape index (κ2) is 7.94. The van der Waals surface area contributed by atoms with Crippen LogP contribution in [-0.4, -0.2) is 43.3 Å². The van der Waals surface area contributed by atoms with Crippen LogP contribution in [0.2, 0.25) is 0 Å². The highest BCUT2D eigenvalue weighted by molar-refractivity contribution is 5.60. The fourth-order valence-electron chi connectivity index (χ4n) is 2.10. The molecule has 19 heavy (non-hydrogen) atoms. The molecule has 1 N–H and O–H groups in total. The fourth-order valence-corrected chi connectivity index (χ4v) is 2.10. The van der Waals surface area contributed by atoms with Crippen LogP contribution in [0.4, 0.5) is 11.6 Å². The lowest BCUT2D eigenvalue weighted by Gasteiger charge is -2.26. The van der Waals surface area contributed by atoms with Crippen molar-refractivity contribution in [3.8, 4) is 0 Å². The molecule has 0 radical (unpaired) electrons. The fraction of sp³-hybridized carbons (Fsp3) is 0.714. The van der Waals surface area contributed by atoms with Gasteiger partial charge in [0.25, 0.3) is 0 Å². The Hall–Kier alpha value is -1.36. The SMILES string of the molecule is CCOCCN(CC)c1ncnc(NC)c1C(C)C. The lowest BCUT2D eigenvalue weighted by atomic mass is 10.0. The van der Waals surface area contributed by atoms with Gasteiger partial charge < -0.3 is 15.0 Å². The molecule has 0 spiro atoms. The molecule has 5 nitrogen and oxygen atoms in total. The summed E-state index contributed by atoms with van der Waals surface area (Å²) in [6.07, 6.45) is 1.62. The Balaban J connectivity index is 3.01. The van der Waals surface area contributed by atoms with Gasteiger partial charge in [-0.3, -0.25) is 0 Å². The maximum absolute atomic E-state index is 5.44. The van der Waals surface area contributed by atoms with Crippen molar-refractivity contribution >= 4 is 11.6 Å². The van der Waals surface area contributed by atoms with Crippen LogP contribution < -0.4 is 10.2 Å². The third kappa shape index (κ3) is 4.06. The number of anilines is 2. The zero-order chi connectivity index (χ0) is 14.3. The molecule has 1 aromatic rings. The molecule has 0 aliphatic heterocycles. The average Bonchev–Trinajstić information content (AvgIpc) is 2.42. The van der Waals surface area contributed by atoms with Crippen LogP contribution in [0.25, 0.3) is 0 Å². The minimum atomic E-state index is 0.375. The monoisotopic (exact) mass is 266 g/mol. The van der Waals surface area contributed by atoms with Crippen LogP contribution in [0.5, 0.6) is 0 Å². The minimum Gasteiger partial charge on any atom is -0.380 e. The Labute approximate surface area is 116 Å². The van der Waals surface area contributed by atoms with Crippen molar-refractivity contribution in [1.82, 2.24) is 9.97 Å². The minimum absolute atomic E-state index is 0.375. The molecule has 5 heteroatoms. The van der Waals surface area contributed by atoms with Crippen LogP contribution in [0, 0.1) is 0 Å². The number of ether oxygens (including phenoxy) is 1. The normalized spacial score (nSPS) is 10.8. The van der Waals surface area contributed by atoms with Crippen LogP contribution in [-0.2, 0) is 4.74 Å². The molecule has 0 saturated carbocycles. The molecule has 1 heterocycles. The largest absolute Gasteiger partial charge is 0.380 e. The van der Waals surface area contributed by atoms with Gasteiger partial charge in [-0.05, 0) is 19.8 Å². The first kappa shape index (κ1) is 15.7. The molecular formula is C14H26N4O. The number of nitrogens with one attached hydrogen (secondary N) is 1. The molecule has 108 valence electrons. The van der Waals surface area contributed by atoms with Gasteiger partial charge in [0.15, 0.2) is 0 Å². The van der Waals surface area contributed by atoms with Gasteiger partial charge >= 0.3 is 0 Å². The summed E-state index contributed by atoms with van der Waals surface area (Å²) >= 11 is 0. The Bertz CT molecular complexity index is 382. The first-order chi connectivity index (χ1) is 9.15. The predicted octanol–water partition coefficient (Wildman–Crippen LogP) is 2.50. The van der Waals surface area contributed by atoms with E-state index in [-0.39, 0.29) is 0 Å². The summed E-state index contributed by atoms with van der Waals surface area (Å²) in [5.41, 5.74) is 1.17. The third-order valence-electron chi connectivity index (χ3n) is 3.07. The highest BCUT2D eigenvalue weighted by atomic mass is 16.5. The maximum atomic E-state index is 5.44. The average molecular weight is 266 g/mol. The first-order valence-corrected chi connectivity index (χ1v) is 7.00. The van der Waals surface area contributed by atoms with Crippen molar-refractivity contribution in [3.63, 3.8) is 0 Å². The van der Waals surface area contributed by atoms with Crippen molar-refractivity contribution in [2.75, 3.05) is 43.6 Å². The van der Waals surface area contributed by atoms with Gasteiger partial charge in [-0.1, -0.05) is 13.8 Å². The van der Waals surface area contributed by atoms with Gasteiger partial charge in [0.2, 0.25) is 0 Å². The van der Waals surface area contributed by atoms with Gasteiger partial charge in [0.1, 0.15) is 18.0 Å². The van der Waals surface area contributed by atoms with Gasteiger partial charge in [0.05, 0.1) is 6.61 Å². The summed E-state index contributed by atoms with van der Waals surface area (Å²) in [6, 6.07) is 0. The highest BCUT2D eigenvalue weighted by Crippen LogP contribution is 2.30. The lowest BCUT2D eigenvalue weighted by molar-refractivity contribution is 0.154. The molecule has 0 aromatic carbocycles. The van der Waals surface area contributed by atoms with Crippen molar-refractivity contribution < 1.29 is 4.74 Å². The summed E-state index contributed by atoms with van der Waals surface area (Å²) in [5.74, 6) is 2.30. The molecular weight excluding hydrogens is 240 g/mol. The van der Waals surface area contributed by atoms with E-state index in [9.17, 15) is 0 Å². The number of likely N-dealkylation sites (N-methyl/N-ethyl adjacent to an activating group) is 1. The van der Waals surface area contributed by atoms with Crippen LogP contribution in [0.1, 0.15) is 39.2 Å². The molecule has 0 fully saturated rings. The van der Waals surface area contributed by atoms with Crippen LogP contribution in [0.3, 0.4) is 0 Å². The van der Waals surface area contributed by atoms with E-state index in [1.807, 2.05) is 14.0 Å². The van der Waals surface area contributed by atoms with E-state index in [1.54, 1.807) is 6.33 Å². The topological polar surface area (TPSA) is 50.3 Å². The van der Waals surface area contributed by atoms with Gasteiger partial charge in [0, 0.05) is 32.3 Å². The van der Waals surface area contributed by atoms with Crippen molar-refractivity contribution in [2.45, 2.75) is 33.6 Å². The summed E-state index contributed by atoms with van der Waals surface area (Å²) in [5, 5.41) is 3.15. The second-order valence-corrected chi connectivity index (χ2v) is 4.64. The first-order valence-electron chi connectivity index (χ1n) is 7.00. The Morgan fingerprint density at radius 1 is 1.32 bits per heavy atom. The standard InChI is InChI=1S/C14H26N4O/c1-6-18(8-9-19-7-2)14-12(11(3)4)13(15-5)16-10-17-14/h10-11H,6-9H2,1-5H3,(H,15,16,17). The van der Waals surface area contributed by atoms with Crippen molar-refractivity contribution in [1.29, 1.82) is 0 Å². The Morgan fingerprint density at radius 2 is 2.05 bits per heavy atom. The zero-order valence-corrected chi connectivity index (χ0v) is 12.7. The van der Waals surface area contributed by atoms with E-state index < -0.39 is 0 Å². The van der Waals surface area contributed by atoms with Crippen molar-refractivity contribution in [2.24, 2.45) is 0 Å². The second-order valence-electron chi connectivity index (χ2n) is 4.64. The summed E-state index contributed by atoms with van der Waals surface area (Å²) in [4.78, 5) is 11.0. The zero-order valence-electron chi connectivity index (χ0n) is 12.7. The number of hydrogen-bond acceptors (Lipinski definition) is 5. The van der Waals surface area contributed by atoms with Gasteiger partial charge in [-0.15, -0.1) is 0 Å². The number of hydrogen-bond donors (Lipinski definition) is 1. The van der Waals surface area contributed by atoms with E-state index in [0.29, 0.717) is 5.92 Å². The summed E-state index contributed by atoms with van der Waals surface area (Å²) in [7, 11) is 1.90. The van der Waals surface area contributed by atoms with Crippen molar-refractivity contribution in [3.05, 3.63) is 11.9 Å². The van der Waals surface area contributed by atoms with Gasteiger partial charge in [-0.25, -0.2) is 9.97 Å². The van der Waals surface area contributed by atoms with Gasteiger partial charge in [-0.2, -0.15) is 0 Å². The Morgan fingerprint density at radius 3 is 2.58 bits per heavy atom. The number of aromatic nitrogens is 2. The van der Waals surface area contributed by atoms with E-state index in [0.717, 1.165) is 37.9 Å². The molecule has 0 saturated heterocycles. The van der Waals surface area contributed by atoms with E-state index in [2.05, 4.69) is 41.0 Å². The highest BCUT2D eigenvalue weighted by Gasteiger charge is 2.18. The molecule has 0 aliphatic rings. The van der Waals surface area contributed by atoms with E-state index >= 15 is 0 Å². The number of nitrogens with zero attached hydrogens (tertiary/aromatic N) is 3. The third-order valence-corrected chi connectivity index (χ3v) is 3.07. The smallest absolute Gasteiger partial charge is 0.137 e. The van der Waals surface area contributed by atoms with Crippen LogP contribution in [0.15, 0.2) is 6.33 Å². The quantitative estimate of drug-likeness (QED) is 0.733. The van der Waals surface area contributed by atoms with E-state index in [4.69, 9.17) is 4.74 Å². The van der Waals surface area contributed by atoms with Crippen LogP contribution >= 0.6 is 0 Å². The molecule has 0 bridgehead atoms. The molecule has 1 aromatic heterocycles. The molecule has 0 unspecified atom stereocenters. The molecule has 0 atom stereocenters. The number of rotatable bonds is 8. The maximum Gasteiger partial charge on any atom is 0.137 e. The Kier molecular flexibility index (Phi) is 6.56. The van der Waals surface area contributed by atoms with E-state index in [1.165, 1.54) is 5.56 Å².